The second kappa shape index (κ2) is 5.68. The monoisotopic (exact) mass is 262 g/mol. The molecule has 2 atom stereocenters. The van der Waals surface area contributed by atoms with Gasteiger partial charge in [-0.15, -0.1) is 0 Å². The molecule has 0 amide bonds. The second-order valence-corrected chi connectivity index (χ2v) is 6.49. The van der Waals surface area contributed by atoms with Crippen LogP contribution in [0.1, 0.15) is 50.9 Å². The molecule has 1 aromatic heterocycles. The zero-order valence-electron chi connectivity index (χ0n) is 12.2. The van der Waals surface area contributed by atoms with Crippen molar-refractivity contribution in [1.82, 2.24) is 10.2 Å². The van der Waals surface area contributed by atoms with Crippen LogP contribution >= 0.6 is 0 Å². The molecule has 106 valence electrons. The van der Waals surface area contributed by atoms with Crippen molar-refractivity contribution in [2.45, 2.75) is 64.7 Å². The van der Waals surface area contributed by atoms with Gasteiger partial charge in [0.2, 0.25) is 0 Å². The average molecular weight is 262 g/mol. The first kappa shape index (κ1) is 13.2. The number of hydrogen-bond acceptors (Lipinski definition) is 3. The van der Waals surface area contributed by atoms with Crippen LogP contribution in [-0.2, 0) is 13.1 Å². The standard InChI is InChI=1S/C16H26N2O/c1-12-3-4-13(2)18(10-12)11-14-7-8-19-16(14)9-17-15-5-6-15/h7-8,12-13,15,17H,3-6,9-11H2,1-2H3. The molecule has 0 spiro atoms. The van der Waals surface area contributed by atoms with E-state index < -0.39 is 0 Å². The highest BCUT2D eigenvalue weighted by Gasteiger charge is 2.25. The molecule has 1 saturated carbocycles. The number of nitrogens with zero attached hydrogens (tertiary/aromatic N) is 1. The molecule has 1 aliphatic carbocycles. The van der Waals surface area contributed by atoms with Crippen LogP contribution in [0.5, 0.6) is 0 Å². The molecule has 2 heterocycles. The second-order valence-electron chi connectivity index (χ2n) is 6.49. The number of likely N-dealkylation sites (tertiary alicyclic amines) is 1. The Balaban J connectivity index is 1.59. The number of rotatable bonds is 5. The summed E-state index contributed by atoms with van der Waals surface area (Å²) in [5.74, 6) is 1.97. The van der Waals surface area contributed by atoms with Crippen molar-refractivity contribution in [1.29, 1.82) is 0 Å². The minimum Gasteiger partial charge on any atom is -0.468 e. The van der Waals surface area contributed by atoms with Gasteiger partial charge in [0, 0.05) is 30.7 Å². The van der Waals surface area contributed by atoms with Crippen LogP contribution in [0.15, 0.2) is 16.7 Å². The maximum Gasteiger partial charge on any atom is 0.122 e. The topological polar surface area (TPSA) is 28.4 Å². The zero-order valence-corrected chi connectivity index (χ0v) is 12.2. The first-order valence-corrected chi connectivity index (χ1v) is 7.75. The SMILES string of the molecule is CC1CCC(C)N(Cc2ccoc2CNC2CC2)C1. The molecular weight excluding hydrogens is 236 g/mol. The summed E-state index contributed by atoms with van der Waals surface area (Å²) in [5.41, 5.74) is 1.37. The summed E-state index contributed by atoms with van der Waals surface area (Å²) in [6.45, 7) is 7.88. The van der Waals surface area contributed by atoms with Crippen molar-refractivity contribution in [2.24, 2.45) is 5.92 Å². The lowest BCUT2D eigenvalue weighted by atomic mass is 9.94. The van der Waals surface area contributed by atoms with Gasteiger partial charge in [-0.25, -0.2) is 0 Å². The number of hydrogen-bond donors (Lipinski definition) is 1. The predicted octanol–water partition coefficient (Wildman–Crippen LogP) is 3.15. The van der Waals surface area contributed by atoms with E-state index in [0.717, 1.165) is 30.8 Å². The van der Waals surface area contributed by atoms with Crippen molar-refractivity contribution in [3.63, 3.8) is 0 Å². The van der Waals surface area contributed by atoms with Gasteiger partial charge in [0.05, 0.1) is 12.8 Å². The van der Waals surface area contributed by atoms with Crippen LogP contribution < -0.4 is 5.32 Å². The molecule has 2 aliphatic rings. The van der Waals surface area contributed by atoms with Crippen molar-refractivity contribution in [2.75, 3.05) is 6.54 Å². The van der Waals surface area contributed by atoms with Gasteiger partial charge in [0.1, 0.15) is 5.76 Å². The molecule has 1 aliphatic heterocycles. The third-order valence-electron chi connectivity index (χ3n) is 4.59. The van der Waals surface area contributed by atoms with E-state index in [1.54, 1.807) is 0 Å². The smallest absolute Gasteiger partial charge is 0.122 e. The minimum atomic E-state index is 0.704. The fourth-order valence-electron chi connectivity index (χ4n) is 3.01. The maximum absolute atomic E-state index is 5.66. The zero-order chi connectivity index (χ0) is 13.2. The predicted molar refractivity (Wildman–Crippen MR) is 76.8 cm³/mol. The van der Waals surface area contributed by atoms with E-state index in [2.05, 4.69) is 30.1 Å². The normalized spacial score (nSPS) is 28.7. The number of piperidine rings is 1. The molecule has 0 aromatic carbocycles. The Bertz CT molecular complexity index is 411. The quantitative estimate of drug-likeness (QED) is 0.883. The van der Waals surface area contributed by atoms with E-state index in [1.165, 1.54) is 37.8 Å². The van der Waals surface area contributed by atoms with Gasteiger partial charge in [0.25, 0.3) is 0 Å². The third kappa shape index (κ3) is 3.40. The highest BCUT2D eigenvalue weighted by Crippen LogP contribution is 2.25. The molecule has 19 heavy (non-hydrogen) atoms. The summed E-state index contributed by atoms with van der Waals surface area (Å²) in [5, 5.41) is 3.54. The van der Waals surface area contributed by atoms with E-state index in [-0.39, 0.29) is 0 Å². The molecule has 3 heteroatoms. The summed E-state index contributed by atoms with van der Waals surface area (Å²) in [4.78, 5) is 2.61. The van der Waals surface area contributed by atoms with Crippen molar-refractivity contribution in [3.05, 3.63) is 23.7 Å². The van der Waals surface area contributed by atoms with Gasteiger partial charge in [0.15, 0.2) is 0 Å². The Kier molecular flexibility index (Phi) is 3.94. The summed E-state index contributed by atoms with van der Waals surface area (Å²) in [6.07, 6.45) is 7.21. The van der Waals surface area contributed by atoms with Crippen LogP contribution in [0.25, 0.3) is 0 Å². The van der Waals surface area contributed by atoms with E-state index in [9.17, 15) is 0 Å². The Hall–Kier alpha value is -0.800. The Morgan fingerprint density at radius 2 is 2.11 bits per heavy atom. The lowest BCUT2D eigenvalue weighted by Gasteiger charge is -2.36. The molecule has 1 aromatic rings. The molecule has 3 nitrogen and oxygen atoms in total. The molecule has 1 saturated heterocycles. The fraction of sp³-hybridized carbons (Fsp3) is 0.750. The molecule has 2 fully saturated rings. The van der Waals surface area contributed by atoms with Crippen molar-refractivity contribution >= 4 is 0 Å². The van der Waals surface area contributed by atoms with Crippen LogP contribution in [-0.4, -0.2) is 23.5 Å². The van der Waals surface area contributed by atoms with Gasteiger partial charge < -0.3 is 9.73 Å². The Labute approximate surface area is 116 Å². The lowest BCUT2D eigenvalue weighted by Crippen LogP contribution is -2.40. The lowest BCUT2D eigenvalue weighted by molar-refractivity contribution is 0.116. The molecule has 1 N–H and O–H groups in total. The van der Waals surface area contributed by atoms with E-state index in [4.69, 9.17) is 4.42 Å². The van der Waals surface area contributed by atoms with Crippen LogP contribution in [0.4, 0.5) is 0 Å². The van der Waals surface area contributed by atoms with Crippen molar-refractivity contribution < 1.29 is 4.42 Å². The van der Waals surface area contributed by atoms with E-state index >= 15 is 0 Å². The Morgan fingerprint density at radius 3 is 2.89 bits per heavy atom. The minimum absolute atomic E-state index is 0.704. The highest BCUT2D eigenvalue weighted by molar-refractivity contribution is 5.17. The van der Waals surface area contributed by atoms with Crippen LogP contribution in [0.2, 0.25) is 0 Å². The first-order chi connectivity index (χ1) is 9.22. The number of nitrogens with one attached hydrogen (secondary N) is 1. The first-order valence-electron chi connectivity index (χ1n) is 7.75. The van der Waals surface area contributed by atoms with Crippen molar-refractivity contribution in [3.8, 4) is 0 Å². The molecule has 3 rings (SSSR count). The molecule has 2 unspecified atom stereocenters. The highest BCUT2D eigenvalue weighted by atomic mass is 16.3. The van der Waals surface area contributed by atoms with Crippen LogP contribution in [0, 0.1) is 5.92 Å². The summed E-state index contributed by atoms with van der Waals surface area (Å²) in [6, 6.07) is 3.60. The average Bonchev–Trinajstić information content (AvgIpc) is 3.12. The Morgan fingerprint density at radius 1 is 1.26 bits per heavy atom. The molecular formula is C16H26N2O. The van der Waals surface area contributed by atoms with Gasteiger partial charge in [-0.1, -0.05) is 6.92 Å². The van der Waals surface area contributed by atoms with E-state index in [0.29, 0.717) is 6.04 Å². The molecule has 0 bridgehead atoms. The third-order valence-corrected chi connectivity index (χ3v) is 4.59. The van der Waals surface area contributed by atoms with Gasteiger partial charge in [-0.3, -0.25) is 4.90 Å². The molecule has 0 radical (unpaired) electrons. The van der Waals surface area contributed by atoms with Gasteiger partial charge in [-0.05, 0) is 44.6 Å². The summed E-state index contributed by atoms with van der Waals surface area (Å²) in [7, 11) is 0. The summed E-state index contributed by atoms with van der Waals surface area (Å²) < 4.78 is 5.66. The van der Waals surface area contributed by atoms with Gasteiger partial charge in [-0.2, -0.15) is 0 Å². The fourth-order valence-corrected chi connectivity index (χ4v) is 3.01. The number of furan rings is 1. The van der Waals surface area contributed by atoms with Crippen LogP contribution in [0.3, 0.4) is 0 Å². The van der Waals surface area contributed by atoms with E-state index in [1.807, 2.05) is 6.26 Å². The summed E-state index contributed by atoms with van der Waals surface area (Å²) >= 11 is 0. The maximum atomic E-state index is 5.66. The van der Waals surface area contributed by atoms with Gasteiger partial charge >= 0.3 is 0 Å². The largest absolute Gasteiger partial charge is 0.468 e.